The molecule has 0 aromatic heterocycles. The SMILES string of the molecule is C=Cc1c(C)cccc1C(C)NC1CCCC(C)C1.CCC. The second-order valence-corrected chi connectivity index (χ2v) is 6.85. The maximum absolute atomic E-state index is 3.97. The zero-order valence-electron chi connectivity index (χ0n) is 15.3. The standard InChI is InChI=1S/C18H27N.C3H8/c1-5-17-14(3)9-7-11-18(17)15(4)19-16-10-6-8-13(2)12-16;1-3-2/h5,7,9,11,13,15-16,19H,1,6,8,10,12H2,2-4H3;3H2,1-2H3. The Morgan fingerprint density at radius 2 is 2.00 bits per heavy atom. The van der Waals surface area contributed by atoms with Crippen LogP contribution < -0.4 is 5.32 Å². The molecule has 124 valence electrons. The number of aryl methyl sites for hydroxylation is 1. The minimum Gasteiger partial charge on any atom is -0.307 e. The summed E-state index contributed by atoms with van der Waals surface area (Å²) in [4.78, 5) is 0. The first-order valence-electron chi connectivity index (χ1n) is 9.01. The van der Waals surface area contributed by atoms with Crippen LogP contribution in [0.4, 0.5) is 0 Å². The van der Waals surface area contributed by atoms with Crippen molar-refractivity contribution in [2.75, 3.05) is 0 Å². The van der Waals surface area contributed by atoms with Crippen molar-refractivity contribution in [3.63, 3.8) is 0 Å². The third-order valence-electron chi connectivity index (χ3n) is 4.45. The normalized spacial score (nSPS) is 22.4. The van der Waals surface area contributed by atoms with Crippen LogP contribution >= 0.6 is 0 Å². The van der Waals surface area contributed by atoms with Crippen molar-refractivity contribution in [3.8, 4) is 0 Å². The van der Waals surface area contributed by atoms with Gasteiger partial charge in [-0.3, -0.25) is 0 Å². The minimum atomic E-state index is 0.406. The van der Waals surface area contributed by atoms with E-state index >= 15 is 0 Å². The lowest BCUT2D eigenvalue weighted by Crippen LogP contribution is -2.35. The third kappa shape index (κ3) is 5.61. The summed E-state index contributed by atoms with van der Waals surface area (Å²) < 4.78 is 0. The molecule has 1 aromatic rings. The Bertz CT molecular complexity index is 449. The molecule has 1 aromatic carbocycles. The van der Waals surface area contributed by atoms with E-state index in [-0.39, 0.29) is 0 Å². The summed E-state index contributed by atoms with van der Waals surface area (Å²) in [6.45, 7) is 15.0. The largest absolute Gasteiger partial charge is 0.307 e. The van der Waals surface area contributed by atoms with E-state index in [0.717, 1.165) is 5.92 Å². The summed E-state index contributed by atoms with van der Waals surface area (Å²) >= 11 is 0. The highest BCUT2D eigenvalue weighted by molar-refractivity contribution is 5.57. The third-order valence-corrected chi connectivity index (χ3v) is 4.45. The number of nitrogens with one attached hydrogen (secondary N) is 1. The second kappa shape index (κ2) is 9.84. The fourth-order valence-electron chi connectivity index (χ4n) is 3.39. The van der Waals surface area contributed by atoms with Crippen LogP contribution in [0.1, 0.15) is 82.5 Å². The number of benzene rings is 1. The molecule has 22 heavy (non-hydrogen) atoms. The molecular weight excluding hydrogens is 266 g/mol. The highest BCUT2D eigenvalue weighted by atomic mass is 14.9. The van der Waals surface area contributed by atoms with Gasteiger partial charge in [0.15, 0.2) is 0 Å². The molecule has 1 N–H and O–H groups in total. The van der Waals surface area contributed by atoms with Gasteiger partial charge in [0.25, 0.3) is 0 Å². The topological polar surface area (TPSA) is 12.0 Å². The van der Waals surface area contributed by atoms with Crippen molar-refractivity contribution < 1.29 is 0 Å². The van der Waals surface area contributed by atoms with Gasteiger partial charge in [0.1, 0.15) is 0 Å². The van der Waals surface area contributed by atoms with Gasteiger partial charge in [-0.1, -0.05) is 70.9 Å². The predicted octanol–water partition coefficient (Wildman–Crippen LogP) is 6.28. The second-order valence-electron chi connectivity index (χ2n) is 6.85. The molecule has 3 atom stereocenters. The van der Waals surface area contributed by atoms with Crippen LogP contribution in [0.15, 0.2) is 24.8 Å². The summed E-state index contributed by atoms with van der Waals surface area (Å²) in [5, 5.41) is 3.82. The van der Waals surface area contributed by atoms with Crippen LogP contribution in [0, 0.1) is 12.8 Å². The summed E-state index contributed by atoms with van der Waals surface area (Å²) in [6, 6.07) is 7.63. The van der Waals surface area contributed by atoms with Gasteiger partial charge in [0, 0.05) is 12.1 Å². The van der Waals surface area contributed by atoms with Crippen molar-refractivity contribution in [1.29, 1.82) is 0 Å². The van der Waals surface area contributed by atoms with Gasteiger partial charge in [0.05, 0.1) is 0 Å². The summed E-state index contributed by atoms with van der Waals surface area (Å²) in [5.41, 5.74) is 4.00. The molecule has 3 unspecified atom stereocenters. The van der Waals surface area contributed by atoms with Gasteiger partial charge >= 0.3 is 0 Å². The monoisotopic (exact) mass is 301 g/mol. The molecule has 1 heteroatoms. The van der Waals surface area contributed by atoms with Crippen LogP contribution in [0.25, 0.3) is 6.08 Å². The summed E-state index contributed by atoms with van der Waals surface area (Å²) in [5.74, 6) is 0.870. The lowest BCUT2D eigenvalue weighted by molar-refractivity contribution is 0.285. The molecule has 2 rings (SSSR count). The fraction of sp³-hybridized carbons (Fsp3) is 0.619. The molecular formula is C21H35N. The number of hydrogen-bond donors (Lipinski definition) is 1. The van der Waals surface area contributed by atoms with Crippen molar-refractivity contribution in [2.24, 2.45) is 5.92 Å². The van der Waals surface area contributed by atoms with E-state index in [1.165, 1.54) is 48.8 Å². The van der Waals surface area contributed by atoms with Gasteiger partial charge < -0.3 is 5.32 Å². The zero-order chi connectivity index (χ0) is 16.5. The highest BCUT2D eigenvalue weighted by Gasteiger charge is 2.21. The van der Waals surface area contributed by atoms with Gasteiger partial charge in [-0.05, 0) is 49.3 Å². The van der Waals surface area contributed by atoms with Crippen molar-refractivity contribution in [1.82, 2.24) is 5.32 Å². The van der Waals surface area contributed by atoms with Crippen LogP contribution in [0.3, 0.4) is 0 Å². The first-order chi connectivity index (χ1) is 10.5. The van der Waals surface area contributed by atoms with Crippen LogP contribution in [-0.2, 0) is 0 Å². The lowest BCUT2D eigenvalue weighted by atomic mass is 9.86. The lowest BCUT2D eigenvalue weighted by Gasteiger charge is -2.31. The van der Waals surface area contributed by atoms with Gasteiger partial charge in [0.2, 0.25) is 0 Å². The van der Waals surface area contributed by atoms with Gasteiger partial charge in [-0.2, -0.15) is 0 Å². The maximum Gasteiger partial charge on any atom is 0.0300 e. The highest BCUT2D eigenvalue weighted by Crippen LogP contribution is 2.27. The number of rotatable bonds is 4. The van der Waals surface area contributed by atoms with E-state index in [1.54, 1.807) is 0 Å². The van der Waals surface area contributed by atoms with Crippen molar-refractivity contribution in [2.45, 2.75) is 78.8 Å². The van der Waals surface area contributed by atoms with E-state index in [0.29, 0.717) is 12.1 Å². The first kappa shape index (κ1) is 19.0. The first-order valence-corrected chi connectivity index (χ1v) is 9.01. The minimum absolute atomic E-state index is 0.406. The molecule has 0 heterocycles. The molecule has 1 saturated carbocycles. The Morgan fingerprint density at radius 3 is 2.59 bits per heavy atom. The maximum atomic E-state index is 3.97. The summed E-state index contributed by atoms with van der Waals surface area (Å²) in [7, 11) is 0. The molecule has 0 aliphatic heterocycles. The molecule has 1 fully saturated rings. The smallest absolute Gasteiger partial charge is 0.0300 e. The Balaban J connectivity index is 0.000000745. The molecule has 0 spiro atoms. The van der Waals surface area contributed by atoms with E-state index in [9.17, 15) is 0 Å². The molecule has 1 aliphatic rings. The Morgan fingerprint density at radius 1 is 1.32 bits per heavy atom. The van der Waals surface area contributed by atoms with Crippen LogP contribution in [0.5, 0.6) is 0 Å². The Hall–Kier alpha value is -1.08. The van der Waals surface area contributed by atoms with Gasteiger partial charge in [-0.15, -0.1) is 0 Å². The Labute approximate surface area is 138 Å². The molecule has 0 saturated heterocycles. The van der Waals surface area contributed by atoms with E-state index in [4.69, 9.17) is 0 Å². The van der Waals surface area contributed by atoms with Crippen LogP contribution in [-0.4, -0.2) is 6.04 Å². The molecule has 0 bridgehead atoms. The average Bonchev–Trinajstić information content (AvgIpc) is 2.47. The molecule has 1 nitrogen and oxygen atoms in total. The number of hydrogen-bond acceptors (Lipinski definition) is 1. The van der Waals surface area contributed by atoms with E-state index < -0.39 is 0 Å². The fourth-order valence-corrected chi connectivity index (χ4v) is 3.39. The average molecular weight is 302 g/mol. The zero-order valence-corrected chi connectivity index (χ0v) is 15.3. The van der Waals surface area contributed by atoms with Crippen molar-refractivity contribution in [3.05, 3.63) is 41.5 Å². The van der Waals surface area contributed by atoms with E-state index in [2.05, 4.69) is 64.7 Å². The van der Waals surface area contributed by atoms with E-state index in [1.807, 2.05) is 6.08 Å². The van der Waals surface area contributed by atoms with Gasteiger partial charge in [-0.25, -0.2) is 0 Å². The Kier molecular flexibility index (Phi) is 8.48. The molecule has 0 amide bonds. The van der Waals surface area contributed by atoms with Crippen LogP contribution in [0.2, 0.25) is 0 Å². The van der Waals surface area contributed by atoms with Crippen molar-refractivity contribution >= 4 is 6.08 Å². The predicted molar refractivity (Wildman–Crippen MR) is 100 cm³/mol. The quantitative estimate of drug-likeness (QED) is 0.689. The summed E-state index contributed by atoms with van der Waals surface area (Å²) in [6.07, 6.45) is 8.65. The molecule has 1 aliphatic carbocycles. The molecule has 0 radical (unpaired) electrons.